The van der Waals surface area contributed by atoms with E-state index in [1.807, 2.05) is 0 Å². The molecule has 0 radical (unpaired) electrons. The van der Waals surface area contributed by atoms with Crippen molar-refractivity contribution >= 4 is 15.9 Å². The summed E-state index contributed by atoms with van der Waals surface area (Å²) in [5, 5.41) is 8.76. The van der Waals surface area contributed by atoms with Crippen LogP contribution in [0.25, 0.3) is 0 Å². The molecule has 0 spiro atoms. The van der Waals surface area contributed by atoms with Gasteiger partial charge in [0, 0.05) is 10.0 Å². The smallest absolute Gasteiger partial charge is 0.392 e. The van der Waals surface area contributed by atoms with Crippen LogP contribution in [0, 0.1) is 0 Å². The number of hydrogen-bond donors (Lipinski definition) is 1. The minimum absolute atomic E-state index is 0.222. The van der Waals surface area contributed by atoms with Crippen molar-refractivity contribution in [1.29, 1.82) is 0 Å². The van der Waals surface area contributed by atoms with E-state index in [9.17, 15) is 26.3 Å². The molecule has 8 heteroatoms. The molecule has 1 aromatic rings. The van der Waals surface area contributed by atoms with E-state index in [1.165, 1.54) is 0 Å². The van der Waals surface area contributed by atoms with Gasteiger partial charge >= 0.3 is 12.4 Å². The predicted molar refractivity (Wildman–Crippen MR) is 50.1 cm³/mol. The Balaban J connectivity index is 3.64. The first-order chi connectivity index (χ1) is 7.59. The average Bonchev–Trinajstić information content (AvgIpc) is 2.13. The third kappa shape index (κ3) is 2.92. The largest absolute Gasteiger partial charge is 0.417 e. The minimum Gasteiger partial charge on any atom is -0.392 e. The maximum Gasteiger partial charge on any atom is 0.417 e. The van der Waals surface area contributed by atoms with Crippen LogP contribution in [0.4, 0.5) is 26.3 Å². The van der Waals surface area contributed by atoms with Crippen molar-refractivity contribution in [1.82, 2.24) is 0 Å². The molecule has 0 saturated heterocycles. The Morgan fingerprint density at radius 3 is 1.88 bits per heavy atom. The lowest BCUT2D eigenvalue weighted by molar-refractivity contribution is -0.162. The fourth-order valence-corrected chi connectivity index (χ4v) is 1.79. The molecule has 0 aliphatic rings. The van der Waals surface area contributed by atoms with Gasteiger partial charge in [-0.05, 0) is 12.1 Å². The highest BCUT2D eigenvalue weighted by Gasteiger charge is 2.45. The normalized spacial score (nSPS) is 12.9. The standard InChI is InChI=1S/C9H5BrF6O/c10-6-2-1-5(8(11,12)13)7(4(6)3-17)9(14,15)16/h1-2,17H,3H2. The van der Waals surface area contributed by atoms with Gasteiger partial charge in [-0.25, -0.2) is 0 Å². The predicted octanol–water partition coefficient (Wildman–Crippen LogP) is 3.98. The number of hydrogen-bond acceptors (Lipinski definition) is 1. The van der Waals surface area contributed by atoms with Crippen molar-refractivity contribution in [2.45, 2.75) is 19.0 Å². The Kier molecular flexibility index (Phi) is 3.78. The summed E-state index contributed by atoms with van der Waals surface area (Å²) in [5.74, 6) is 0. The molecule has 0 unspecified atom stereocenters. The zero-order valence-electron chi connectivity index (χ0n) is 7.95. The van der Waals surface area contributed by atoms with E-state index in [-0.39, 0.29) is 4.47 Å². The molecule has 17 heavy (non-hydrogen) atoms. The van der Waals surface area contributed by atoms with E-state index in [1.54, 1.807) is 0 Å². The summed E-state index contributed by atoms with van der Waals surface area (Å²) in [5.41, 5.74) is -4.49. The number of halogens is 7. The van der Waals surface area contributed by atoms with Gasteiger partial charge in [0.2, 0.25) is 0 Å². The molecule has 1 aromatic carbocycles. The van der Waals surface area contributed by atoms with Gasteiger partial charge in [-0.3, -0.25) is 0 Å². The molecule has 0 atom stereocenters. The van der Waals surface area contributed by atoms with Crippen molar-refractivity contribution in [2.24, 2.45) is 0 Å². The average molecular weight is 323 g/mol. The van der Waals surface area contributed by atoms with Crippen LogP contribution in [0.3, 0.4) is 0 Å². The van der Waals surface area contributed by atoms with Gasteiger partial charge in [-0.1, -0.05) is 15.9 Å². The zero-order chi connectivity index (χ0) is 13.4. The Morgan fingerprint density at radius 1 is 1.00 bits per heavy atom. The lowest BCUT2D eigenvalue weighted by Gasteiger charge is -2.19. The third-order valence-corrected chi connectivity index (χ3v) is 2.75. The summed E-state index contributed by atoms with van der Waals surface area (Å²) in [6, 6.07) is 1.15. The molecule has 0 aliphatic carbocycles. The first-order valence-electron chi connectivity index (χ1n) is 4.15. The second kappa shape index (κ2) is 4.49. The van der Waals surface area contributed by atoms with Crippen molar-refractivity contribution < 1.29 is 31.4 Å². The van der Waals surface area contributed by atoms with Crippen LogP contribution in [0.15, 0.2) is 16.6 Å². The molecular formula is C9H5BrF6O. The van der Waals surface area contributed by atoms with Crippen molar-refractivity contribution in [2.75, 3.05) is 0 Å². The number of alkyl halides is 6. The van der Waals surface area contributed by atoms with Crippen LogP contribution in [0.5, 0.6) is 0 Å². The zero-order valence-corrected chi connectivity index (χ0v) is 9.54. The van der Waals surface area contributed by atoms with Gasteiger partial charge < -0.3 is 5.11 Å². The summed E-state index contributed by atoms with van der Waals surface area (Å²) in [6.45, 7) is -1.14. The van der Waals surface area contributed by atoms with Crippen LogP contribution < -0.4 is 0 Å². The summed E-state index contributed by atoms with van der Waals surface area (Å²) >= 11 is 2.67. The van der Waals surface area contributed by atoms with E-state index in [0.29, 0.717) is 6.07 Å². The molecule has 1 rings (SSSR count). The molecule has 1 nitrogen and oxygen atoms in total. The number of aliphatic hydroxyl groups is 1. The fourth-order valence-electron chi connectivity index (χ4n) is 1.34. The molecule has 0 fully saturated rings. The number of benzene rings is 1. The Hall–Kier alpha value is -0.760. The van der Waals surface area contributed by atoms with Crippen LogP contribution in [0.2, 0.25) is 0 Å². The molecule has 96 valence electrons. The van der Waals surface area contributed by atoms with Gasteiger partial charge in [-0.2, -0.15) is 26.3 Å². The topological polar surface area (TPSA) is 20.2 Å². The molecule has 0 heterocycles. The second-order valence-corrected chi connectivity index (χ2v) is 3.96. The van der Waals surface area contributed by atoms with Gasteiger partial charge in [0.25, 0.3) is 0 Å². The van der Waals surface area contributed by atoms with Crippen LogP contribution in [0.1, 0.15) is 16.7 Å². The van der Waals surface area contributed by atoms with Crippen LogP contribution in [-0.4, -0.2) is 5.11 Å². The monoisotopic (exact) mass is 322 g/mol. The molecule has 1 N–H and O–H groups in total. The van der Waals surface area contributed by atoms with E-state index in [4.69, 9.17) is 5.11 Å². The maximum absolute atomic E-state index is 12.6. The quantitative estimate of drug-likeness (QED) is 0.775. The maximum atomic E-state index is 12.6. The molecule has 0 amide bonds. The number of aliphatic hydroxyl groups excluding tert-OH is 1. The van der Waals surface area contributed by atoms with Gasteiger partial charge in [0.05, 0.1) is 17.7 Å². The van der Waals surface area contributed by atoms with Crippen LogP contribution in [-0.2, 0) is 19.0 Å². The van der Waals surface area contributed by atoms with Crippen molar-refractivity contribution in [3.63, 3.8) is 0 Å². The minimum atomic E-state index is -5.19. The molecule has 0 bridgehead atoms. The Labute approximate surface area is 100 Å². The lowest BCUT2D eigenvalue weighted by Crippen LogP contribution is -2.19. The molecule has 0 aromatic heterocycles. The van der Waals surface area contributed by atoms with Gasteiger partial charge in [0.1, 0.15) is 0 Å². The van der Waals surface area contributed by atoms with Gasteiger partial charge in [0.15, 0.2) is 0 Å². The Morgan fingerprint density at radius 2 is 1.53 bits per heavy atom. The SMILES string of the molecule is OCc1c(Br)ccc(C(F)(F)F)c1C(F)(F)F. The van der Waals surface area contributed by atoms with E-state index in [2.05, 4.69) is 15.9 Å². The molecule has 0 saturated carbocycles. The summed E-state index contributed by atoms with van der Waals surface area (Å²) in [6.07, 6.45) is -10.3. The molecular weight excluding hydrogens is 318 g/mol. The lowest BCUT2D eigenvalue weighted by atomic mass is 10.0. The highest BCUT2D eigenvalue weighted by Crippen LogP contribution is 2.43. The summed E-state index contributed by atoms with van der Waals surface area (Å²) < 4.78 is 74.8. The van der Waals surface area contributed by atoms with Gasteiger partial charge in [-0.15, -0.1) is 0 Å². The van der Waals surface area contributed by atoms with Crippen LogP contribution >= 0.6 is 15.9 Å². The van der Waals surface area contributed by atoms with E-state index < -0.39 is 35.6 Å². The third-order valence-electron chi connectivity index (χ3n) is 2.00. The van der Waals surface area contributed by atoms with E-state index in [0.717, 1.165) is 6.07 Å². The first kappa shape index (κ1) is 14.3. The highest BCUT2D eigenvalue weighted by molar-refractivity contribution is 9.10. The Bertz CT molecular complexity index is 423. The second-order valence-electron chi connectivity index (χ2n) is 3.10. The number of rotatable bonds is 1. The van der Waals surface area contributed by atoms with E-state index >= 15 is 0 Å². The first-order valence-corrected chi connectivity index (χ1v) is 4.95. The summed E-state index contributed by atoms with van der Waals surface area (Å²) in [7, 11) is 0. The highest BCUT2D eigenvalue weighted by atomic mass is 79.9. The van der Waals surface area contributed by atoms with Crippen molar-refractivity contribution in [3.05, 3.63) is 33.3 Å². The molecule has 0 aliphatic heterocycles. The fraction of sp³-hybridized carbons (Fsp3) is 0.333. The summed E-state index contributed by atoms with van der Waals surface area (Å²) in [4.78, 5) is 0. The van der Waals surface area contributed by atoms with Crippen molar-refractivity contribution in [3.8, 4) is 0 Å².